The Labute approximate surface area is 216 Å². The van der Waals surface area contributed by atoms with Gasteiger partial charge in [0.2, 0.25) is 5.91 Å². The molecule has 2 N–H and O–H groups in total. The number of anilines is 1. The van der Waals surface area contributed by atoms with Crippen LogP contribution in [0.4, 0.5) is 5.69 Å². The van der Waals surface area contributed by atoms with E-state index in [9.17, 15) is 14.4 Å². The summed E-state index contributed by atoms with van der Waals surface area (Å²) in [5, 5.41) is 6.94. The van der Waals surface area contributed by atoms with Gasteiger partial charge in [-0.1, -0.05) is 23.2 Å². The smallest absolute Gasteiger partial charge is 0.272 e. The van der Waals surface area contributed by atoms with E-state index in [2.05, 4.69) is 15.8 Å². The number of halogens is 2. The molecule has 2 heterocycles. The predicted octanol–water partition coefficient (Wildman–Crippen LogP) is 4.18. The second-order valence-corrected chi connectivity index (χ2v) is 8.99. The molecule has 8 nitrogen and oxygen atoms in total. The fraction of sp³-hybridized carbons (Fsp3) is 0.125. The Balaban J connectivity index is 1.48. The lowest BCUT2D eigenvalue weighted by Gasteiger charge is -2.30. The molecule has 1 fully saturated rings. The third kappa shape index (κ3) is 4.97. The van der Waals surface area contributed by atoms with E-state index in [1.54, 1.807) is 42.5 Å². The molecule has 0 saturated carbocycles. The number of hydrazone groups is 1. The zero-order valence-electron chi connectivity index (χ0n) is 18.6. The number of carbonyl (C=O) groups is 3. The molecule has 1 saturated heterocycles. The molecule has 3 amide bonds. The predicted molar refractivity (Wildman–Crippen MR) is 139 cm³/mol. The quantitative estimate of drug-likeness (QED) is 0.225. The van der Waals surface area contributed by atoms with Gasteiger partial charge in [0.15, 0.2) is 11.0 Å². The van der Waals surface area contributed by atoms with Crippen LogP contribution in [0.15, 0.2) is 59.7 Å². The number of hydrogen-bond donors (Lipinski definition) is 2. The minimum atomic E-state index is -1.30. The molecular formula is C24H19Cl2N5O3S. The highest BCUT2D eigenvalue weighted by atomic mass is 35.5. The van der Waals surface area contributed by atoms with Crippen molar-refractivity contribution in [2.45, 2.75) is 13.8 Å². The molecule has 2 aromatic carbocycles. The molecule has 0 radical (unpaired) electrons. The van der Waals surface area contributed by atoms with Gasteiger partial charge in [0, 0.05) is 28.3 Å². The molecule has 0 bridgehead atoms. The fourth-order valence-electron chi connectivity index (χ4n) is 3.69. The number of aromatic nitrogens is 1. The lowest BCUT2D eigenvalue weighted by atomic mass is 10.1. The van der Waals surface area contributed by atoms with Crippen LogP contribution in [0.25, 0.3) is 5.69 Å². The Hall–Kier alpha value is -3.53. The number of nitrogens with zero attached hydrogens (tertiary/aromatic N) is 3. The normalized spacial score (nSPS) is 16.1. The van der Waals surface area contributed by atoms with Gasteiger partial charge in [-0.3, -0.25) is 19.3 Å². The van der Waals surface area contributed by atoms with E-state index in [0.29, 0.717) is 10.7 Å². The number of benzene rings is 2. The number of hydrogen-bond acceptors (Lipinski definition) is 5. The lowest BCUT2D eigenvalue weighted by Crippen LogP contribution is -2.58. The number of rotatable bonds is 5. The summed E-state index contributed by atoms with van der Waals surface area (Å²) in [5.41, 5.74) is 5.82. The molecule has 178 valence electrons. The van der Waals surface area contributed by atoms with Crippen molar-refractivity contribution >= 4 is 70.2 Å². The number of amides is 3. The maximum atomic E-state index is 13.0. The van der Waals surface area contributed by atoms with E-state index in [-0.39, 0.29) is 15.7 Å². The summed E-state index contributed by atoms with van der Waals surface area (Å²) >= 11 is 17.4. The monoisotopic (exact) mass is 527 g/mol. The molecule has 1 atom stereocenters. The van der Waals surface area contributed by atoms with Crippen LogP contribution in [0, 0.1) is 19.8 Å². The lowest BCUT2D eigenvalue weighted by molar-refractivity contribution is -0.130. The van der Waals surface area contributed by atoms with Gasteiger partial charge in [-0.15, -0.1) is 0 Å². The van der Waals surface area contributed by atoms with Gasteiger partial charge in [0.1, 0.15) is 0 Å². The Morgan fingerprint density at radius 3 is 2.29 bits per heavy atom. The Kier molecular flexibility index (Phi) is 7.02. The molecule has 3 aromatic rings. The van der Waals surface area contributed by atoms with Gasteiger partial charge in [0.25, 0.3) is 11.8 Å². The summed E-state index contributed by atoms with van der Waals surface area (Å²) in [7, 11) is 0. The van der Waals surface area contributed by atoms with Crippen LogP contribution < -0.4 is 15.6 Å². The SMILES string of the molecule is Cc1ccc(C)n1-c1ccc(C(=O)N/N=C\[C@H]2C(=O)NC(=S)N(c3ccc(Cl)cc3)C2=O)c(Cl)c1. The largest absolute Gasteiger partial charge is 0.318 e. The first-order chi connectivity index (χ1) is 16.7. The van der Waals surface area contributed by atoms with Crippen LogP contribution in [0.5, 0.6) is 0 Å². The van der Waals surface area contributed by atoms with Crippen LogP contribution in [0.3, 0.4) is 0 Å². The number of thiocarbonyl (C=S) groups is 1. The van der Waals surface area contributed by atoms with Crippen molar-refractivity contribution in [1.82, 2.24) is 15.3 Å². The van der Waals surface area contributed by atoms with Gasteiger partial charge in [-0.05, 0) is 80.7 Å². The van der Waals surface area contributed by atoms with Gasteiger partial charge in [-0.25, -0.2) is 5.43 Å². The number of carbonyl (C=O) groups excluding carboxylic acids is 3. The van der Waals surface area contributed by atoms with Crippen molar-refractivity contribution in [2.75, 3.05) is 4.90 Å². The fourth-order valence-corrected chi connectivity index (χ4v) is 4.37. The first-order valence-corrected chi connectivity index (χ1v) is 11.6. The van der Waals surface area contributed by atoms with Crippen molar-refractivity contribution in [3.63, 3.8) is 0 Å². The maximum absolute atomic E-state index is 13.0. The van der Waals surface area contributed by atoms with Crippen molar-refractivity contribution < 1.29 is 14.4 Å². The number of aryl methyl sites for hydroxylation is 2. The molecule has 1 aromatic heterocycles. The van der Waals surface area contributed by atoms with Crippen LogP contribution >= 0.6 is 35.4 Å². The topological polar surface area (TPSA) is 95.8 Å². The van der Waals surface area contributed by atoms with Gasteiger partial charge < -0.3 is 9.88 Å². The van der Waals surface area contributed by atoms with E-state index in [0.717, 1.165) is 23.3 Å². The zero-order valence-corrected chi connectivity index (χ0v) is 20.9. The molecular weight excluding hydrogens is 509 g/mol. The summed E-state index contributed by atoms with van der Waals surface area (Å²) in [5.74, 6) is -3.15. The molecule has 1 aliphatic heterocycles. The van der Waals surface area contributed by atoms with Gasteiger partial charge in [-0.2, -0.15) is 5.10 Å². The highest BCUT2D eigenvalue weighted by molar-refractivity contribution is 7.80. The molecule has 35 heavy (non-hydrogen) atoms. The highest BCUT2D eigenvalue weighted by Crippen LogP contribution is 2.24. The van der Waals surface area contributed by atoms with Crippen LogP contribution in [0.1, 0.15) is 21.7 Å². The van der Waals surface area contributed by atoms with Crippen molar-refractivity contribution in [2.24, 2.45) is 11.0 Å². The molecule has 0 aliphatic carbocycles. The van der Waals surface area contributed by atoms with E-state index < -0.39 is 23.6 Å². The second-order valence-electron chi connectivity index (χ2n) is 7.76. The van der Waals surface area contributed by atoms with E-state index in [4.69, 9.17) is 35.4 Å². The van der Waals surface area contributed by atoms with Crippen molar-refractivity contribution in [1.29, 1.82) is 0 Å². The van der Waals surface area contributed by atoms with Crippen LogP contribution in [-0.4, -0.2) is 33.6 Å². The maximum Gasteiger partial charge on any atom is 0.272 e. The molecule has 0 unspecified atom stereocenters. The average Bonchev–Trinajstić information content (AvgIpc) is 3.14. The zero-order chi connectivity index (χ0) is 25.3. The molecule has 1 aliphatic rings. The van der Waals surface area contributed by atoms with Gasteiger partial charge >= 0.3 is 0 Å². The van der Waals surface area contributed by atoms with Crippen LogP contribution in [0.2, 0.25) is 10.0 Å². The third-order valence-corrected chi connectivity index (χ3v) is 6.25. The first-order valence-electron chi connectivity index (χ1n) is 10.4. The van der Waals surface area contributed by atoms with Crippen LogP contribution in [-0.2, 0) is 9.59 Å². The standard InChI is InChI=1S/C24H19Cl2N5O3S/c1-13-3-4-14(2)30(13)17-9-10-18(20(26)11-17)22(33)29-27-12-19-21(32)28-24(35)31(23(19)34)16-7-5-15(25)6-8-16/h3-12,19H,1-2H3,(H,29,33)(H,28,32,35)/b27-12-/t19-/m0/s1. The highest BCUT2D eigenvalue weighted by Gasteiger charge is 2.38. The van der Waals surface area contributed by atoms with E-state index in [1.807, 2.05) is 30.5 Å². The number of nitrogens with one attached hydrogen (secondary N) is 2. The second kappa shape index (κ2) is 9.99. The average molecular weight is 528 g/mol. The summed E-state index contributed by atoms with van der Waals surface area (Å²) in [6, 6.07) is 15.4. The summed E-state index contributed by atoms with van der Waals surface area (Å²) < 4.78 is 2.01. The third-order valence-electron chi connectivity index (χ3n) is 5.40. The minimum Gasteiger partial charge on any atom is -0.318 e. The molecule has 0 spiro atoms. The van der Waals surface area contributed by atoms with E-state index in [1.165, 1.54) is 4.90 Å². The molecule has 4 rings (SSSR count). The first kappa shape index (κ1) is 24.6. The summed E-state index contributed by atoms with van der Waals surface area (Å²) in [4.78, 5) is 39.1. The summed E-state index contributed by atoms with van der Waals surface area (Å²) in [6.07, 6.45) is 1.05. The van der Waals surface area contributed by atoms with Crippen molar-refractivity contribution in [3.8, 4) is 5.69 Å². The van der Waals surface area contributed by atoms with Crippen molar-refractivity contribution in [3.05, 3.63) is 81.6 Å². The van der Waals surface area contributed by atoms with E-state index >= 15 is 0 Å². The minimum absolute atomic E-state index is 0.0592. The summed E-state index contributed by atoms with van der Waals surface area (Å²) in [6.45, 7) is 3.94. The Bertz CT molecular complexity index is 1360. The molecule has 11 heteroatoms. The Morgan fingerprint density at radius 2 is 1.66 bits per heavy atom. The van der Waals surface area contributed by atoms with Gasteiger partial charge in [0.05, 0.1) is 16.3 Å². The Morgan fingerprint density at radius 1 is 1.03 bits per heavy atom.